The lowest BCUT2D eigenvalue weighted by Gasteiger charge is -2.19. The van der Waals surface area contributed by atoms with Gasteiger partial charge in [0, 0.05) is 18.4 Å². The predicted octanol–water partition coefficient (Wildman–Crippen LogP) is 3.90. The van der Waals surface area contributed by atoms with Crippen molar-refractivity contribution in [2.24, 2.45) is 0 Å². The maximum Gasteiger partial charge on any atom is 0.216 e. The van der Waals surface area contributed by atoms with Crippen LogP contribution in [0.3, 0.4) is 0 Å². The van der Waals surface area contributed by atoms with E-state index in [1.165, 1.54) is 25.7 Å². The van der Waals surface area contributed by atoms with Crippen LogP contribution in [-0.4, -0.2) is 22.3 Å². The lowest BCUT2D eigenvalue weighted by molar-refractivity contribution is 0.403. The molecule has 0 saturated carbocycles. The van der Waals surface area contributed by atoms with Gasteiger partial charge in [-0.3, -0.25) is 0 Å². The molecule has 4 nitrogen and oxygen atoms in total. The minimum absolute atomic E-state index is 0.179. The highest BCUT2D eigenvalue weighted by molar-refractivity contribution is 4.83. The van der Waals surface area contributed by atoms with E-state index in [-0.39, 0.29) is 5.54 Å². The van der Waals surface area contributed by atoms with Gasteiger partial charge in [0.25, 0.3) is 0 Å². The fourth-order valence-corrected chi connectivity index (χ4v) is 2.07. The zero-order chi connectivity index (χ0) is 14.8. The highest BCUT2D eigenvalue weighted by Crippen LogP contribution is 2.09. The smallest absolute Gasteiger partial charge is 0.216 e. The molecule has 1 aromatic heterocycles. The Labute approximate surface area is 123 Å². The molecule has 1 N–H and O–H groups in total. The minimum atomic E-state index is 0.179. The normalized spacial score (nSPS) is 12.0. The highest BCUT2D eigenvalue weighted by Gasteiger charge is 2.09. The summed E-state index contributed by atoms with van der Waals surface area (Å²) in [5.41, 5.74) is 0.179. The summed E-state index contributed by atoms with van der Waals surface area (Å²) in [6.45, 7) is 9.75. The monoisotopic (exact) mass is 281 g/mol. The number of hydrogen-bond acceptors (Lipinski definition) is 4. The largest absolute Gasteiger partial charge is 0.425 e. The van der Waals surface area contributed by atoms with E-state index < -0.39 is 0 Å². The molecule has 0 aromatic carbocycles. The molecule has 0 aliphatic heterocycles. The Morgan fingerprint density at radius 1 is 0.900 bits per heavy atom. The van der Waals surface area contributed by atoms with E-state index in [0.717, 1.165) is 44.0 Å². The topological polar surface area (TPSA) is 51.0 Å². The van der Waals surface area contributed by atoms with Gasteiger partial charge in [-0.1, -0.05) is 32.6 Å². The summed E-state index contributed by atoms with van der Waals surface area (Å²) in [6.07, 6.45) is 9.19. The minimum Gasteiger partial charge on any atom is -0.425 e. The van der Waals surface area contributed by atoms with Crippen LogP contribution in [0.4, 0.5) is 0 Å². The van der Waals surface area contributed by atoms with E-state index in [4.69, 9.17) is 4.42 Å². The molecule has 1 rings (SSSR count). The Balaban J connectivity index is 2.13. The molecule has 0 saturated heterocycles. The average Bonchev–Trinajstić information content (AvgIpc) is 2.81. The Bertz CT molecular complexity index is 355. The predicted molar refractivity (Wildman–Crippen MR) is 82.8 cm³/mol. The number of hydrogen-bond donors (Lipinski definition) is 1. The Morgan fingerprint density at radius 2 is 1.50 bits per heavy atom. The van der Waals surface area contributed by atoms with Crippen molar-refractivity contribution < 1.29 is 4.42 Å². The first-order valence-electron chi connectivity index (χ1n) is 8.07. The van der Waals surface area contributed by atoms with Crippen LogP contribution < -0.4 is 5.32 Å². The van der Waals surface area contributed by atoms with E-state index in [0.29, 0.717) is 0 Å². The van der Waals surface area contributed by atoms with E-state index in [9.17, 15) is 0 Å². The molecule has 0 aliphatic carbocycles. The van der Waals surface area contributed by atoms with Crippen molar-refractivity contribution in [1.29, 1.82) is 0 Å². The third-order valence-electron chi connectivity index (χ3n) is 3.23. The summed E-state index contributed by atoms with van der Waals surface area (Å²) < 4.78 is 5.67. The Morgan fingerprint density at radius 3 is 2.10 bits per heavy atom. The molecule has 116 valence electrons. The van der Waals surface area contributed by atoms with E-state index in [2.05, 4.69) is 43.2 Å². The number of nitrogens with one attached hydrogen (secondary N) is 1. The van der Waals surface area contributed by atoms with Crippen molar-refractivity contribution in [3.05, 3.63) is 11.8 Å². The van der Waals surface area contributed by atoms with Gasteiger partial charge in [-0.2, -0.15) is 0 Å². The van der Waals surface area contributed by atoms with Crippen molar-refractivity contribution in [2.45, 2.75) is 84.6 Å². The molecule has 0 unspecified atom stereocenters. The maximum absolute atomic E-state index is 5.67. The number of aryl methyl sites for hydroxylation is 2. The van der Waals surface area contributed by atoms with Crippen LogP contribution in [0.1, 0.15) is 78.0 Å². The van der Waals surface area contributed by atoms with Crippen molar-refractivity contribution in [3.63, 3.8) is 0 Å². The van der Waals surface area contributed by atoms with Gasteiger partial charge < -0.3 is 9.73 Å². The molecule has 0 aliphatic rings. The molecule has 0 atom stereocenters. The lowest BCUT2D eigenvalue weighted by atomic mass is 10.1. The van der Waals surface area contributed by atoms with Crippen LogP contribution in [-0.2, 0) is 12.8 Å². The number of aromatic nitrogens is 2. The molecule has 4 heteroatoms. The first kappa shape index (κ1) is 17.2. The van der Waals surface area contributed by atoms with Crippen LogP contribution in [0.15, 0.2) is 4.42 Å². The molecule has 0 fully saturated rings. The van der Waals surface area contributed by atoms with Crippen molar-refractivity contribution in [3.8, 4) is 0 Å². The van der Waals surface area contributed by atoms with Gasteiger partial charge in [-0.15, -0.1) is 10.2 Å². The van der Waals surface area contributed by atoms with Crippen LogP contribution in [0.2, 0.25) is 0 Å². The summed E-state index contributed by atoms with van der Waals surface area (Å²) in [4.78, 5) is 0. The first-order valence-corrected chi connectivity index (χ1v) is 8.07. The van der Waals surface area contributed by atoms with Crippen LogP contribution >= 0.6 is 0 Å². The fourth-order valence-electron chi connectivity index (χ4n) is 2.07. The van der Waals surface area contributed by atoms with Gasteiger partial charge >= 0.3 is 0 Å². The summed E-state index contributed by atoms with van der Waals surface area (Å²) in [5, 5.41) is 11.7. The molecule has 20 heavy (non-hydrogen) atoms. The van der Waals surface area contributed by atoms with E-state index in [1.54, 1.807) is 0 Å². The molecule has 1 aromatic rings. The Kier molecular flexibility index (Phi) is 7.82. The van der Waals surface area contributed by atoms with Crippen molar-refractivity contribution in [1.82, 2.24) is 15.5 Å². The second kappa shape index (κ2) is 9.11. The van der Waals surface area contributed by atoms with E-state index in [1.807, 2.05) is 0 Å². The SMILES string of the molecule is CCCCCCCc1nnc(CCCNC(C)(C)C)o1. The van der Waals surface area contributed by atoms with Gasteiger partial charge in [0.15, 0.2) is 0 Å². The van der Waals surface area contributed by atoms with Gasteiger partial charge in [0.05, 0.1) is 0 Å². The first-order chi connectivity index (χ1) is 9.51. The van der Waals surface area contributed by atoms with Crippen LogP contribution in [0.25, 0.3) is 0 Å². The number of nitrogens with zero attached hydrogens (tertiary/aromatic N) is 2. The number of unbranched alkanes of at least 4 members (excludes halogenated alkanes) is 4. The summed E-state index contributed by atoms with van der Waals surface area (Å²) in [7, 11) is 0. The second-order valence-electron chi connectivity index (χ2n) is 6.53. The van der Waals surface area contributed by atoms with Crippen LogP contribution in [0.5, 0.6) is 0 Å². The average molecular weight is 281 g/mol. The zero-order valence-electron chi connectivity index (χ0n) is 13.7. The quantitative estimate of drug-likeness (QED) is 0.661. The summed E-state index contributed by atoms with van der Waals surface area (Å²) >= 11 is 0. The molecule has 0 bridgehead atoms. The zero-order valence-corrected chi connectivity index (χ0v) is 13.7. The highest BCUT2D eigenvalue weighted by atomic mass is 16.4. The van der Waals surface area contributed by atoms with Crippen molar-refractivity contribution in [2.75, 3.05) is 6.54 Å². The summed E-state index contributed by atoms with van der Waals surface area (Å²) in [6, 6.07) is 0. The van der Waals surface area contributed by atoms with Gasteiger partial charge in [-0.25, -0.2) is 0 Å². The molecule has 0 radical (unpaired) electrons. The molecule has 1 heterocycles. The molecule has 0 spiro atoms. The lowest BCUT2D eigenvalue weighted by Crippen LogP contribution is -2.36. The fraction of sp³-hybridized carbons (Fsp3) is 0.875. The van der Waals surface area contributed by atoms with Gasteiger partial charge in [-0.05, 0) is 40.2 Å². The third-order valence-corrected chi connectivity index (χ3v) is 3.23. The van der Waals surface area contributed by atoms with Gasteiger partial charge in [0.2, 0.25) is 11.8 Å². The number of rotatable bonds is 10. The third kappa shape index (κ3) is 8.31. The maximum atomic E-state index is 5.67. The molecular weight excluding hydrogens is 250 g/mol. The standard InChI is InChI=1S/C16H31N3O/c1-5-6-7-8-9-11-14-18-19-15(20-14)12-10-13-17-16(2,3)4/h17H,5-13H2,1-4H3. The van der Waals surface area contributed by atoms with E-state index >= 15 is 0 Å². The van der Waals surface area contributed by atoms with Crippen molar-refractivity contribution >= 4 is 0 Å². The van der Waals surface area contributed by atoms with Gasteiger partial charge in [0.1, 0.15) is 0 Å². The van der Waals surface area contributed by atoms with Crippen LogP contribution in [0, 0.1) is 0 Å². The molecule has 0 amide bonds. The summed E-state index contributed by atoms with van der Waals surface area (Å²) in [5.74, 6) is 1.59. The second-order valence-corrected chi connectivity index (χ2v) is 6.53. The Hall–Kier alpha value is -0.900. The molecular formula is C16H31N3O.